The van der Waals surface area contributed by atoms with Gasteiger partial charge in [0.05, 0.1) is 5.69 Å². The van der Waals surface area contributed by atoms with Gasteiger partial charge in [-0.25, -0.2) is 0 Å². The minimum atomic E-state index is -0.117. The Morgan fingerprint density at radius 3 is 1.31 bits per heavy atom. The lowest BCUT2D eigenvalue weighted by molar-refractivity contribution is 0.662. The molecule has 0 heterocycles. The molecule has 0 bridgehead atoms. The predicted octanol–water partition coefficient (Wildman–Crippen LogP) is 17.3. The highest BCUT2D eigenvalue weighted by atomic mass is 15.1. The maximum atomic E-state index is 2.46. The summed E-state index contributed by atoms with van der Waals surface area (Å²) in [7, 11) is 0. The Hall–Kier alpha value is -7.68. The molecule has 0 radical (unpaired) electrons. The summed E-state index contributed by atoms with van der Waals surface area (Å²) in [5.41, 5.74) is 14.7. The highest BCUT2D eigenvalue weighted by molar-refractivity contribution is 6.17. The number of benzene rings is 11. The topological polar surface area (TPSA) is 6.48 Å². The minimum absolute atomic E-state index is 0.104. The molecule has 0 unspecified atom stereocenters. The Morgan fingerprint density at radius 1 is 0.297 bits per heavy atom. The quantitative estimate of drug-likeness (QED) is 0.148. The molecule has 0 atom stereocenters. The summed E-state index contributed by atoms with van der Waals surface area (Å²) in [5, 5.41) is 13.2. The molecular weight excluding hydrogens is 773 g/mol. The van der Waals surface area contributed by atoms with Gasteiger partial charge < -0.3 is 9.80 Å². The van der Waals surface area contributed by atoms with Crippen molar-refractivity contribution in [2.75, 3.05) is 9.80 Å². The molecule has 11 aromatic carbocycles. The molecule has 0 N–H and O–H groups in total. The third kappa shape index (κ3) is 5.20. The lowest BCUT2D eigenvalue weighted by atomic mass is 9.81. The lowest BCUT2D eigenvalue weighted by Gasteiger charge is -2.30. The van der Waals surface area contributed by atoms with E-state index in [1.54, 1.807) is 0 Å². The van der Waals surface area contributed by atoms with Gasteiger partial charge in [-0.05, 0) is 149 Å². The normalized spacial score (nSPS) is 14.2. The van der Waals surface area contributed by atoms with Crippen LogP contribution >= 0.6 is 0 Å². The van der Waals surface area contributed by atoms with Crippen molar-refractivity contribution in [3.8, 4) is 11.1 Å². The maximum Gasteiger partial charge on any atom is 0.0540 e. The van der Waals surface area contributed by atoms with Crippen molar-refractivity contribution in [1.29, 1.82) is 0 Å². The summed E-state index contributed by atoms with van der Waals surface area (Å²) < 4.78 is 0. The standard InChI is InChI=1S/C62H46N2/c1-61(2)52-23-13-15-40-25-27-42-35-47(37-54(61)59(42)57(40)52)63(44-17-7-5-8-18-44)46-31-29-39(30-32-46)49-33-34-56(51-22-12-11-21-50(49)51)64(45-19-9-6-10-20-45)48-36-43-28-26-41-16-14-24-53-58(41)60(43)55(38-48)62(53,3)4/h5-38H,1-4H3. The smallest absolute Gasteiger partial charge is 0.0540 e. The molecular formula is C62H46N2. The van der Waals surface area contributed by atoms with Crippen LogP contribution < -0.4 is 9.80 Å². The first-order valence-electron chi connectivity index (χ1n) is 22.6. The van der Waals surface area contributed by atoms with Crippen molar-refractivity contribution in [3.63, 3.8) is 0 Å². The number of rotatable bonds is 7. The second-order valence-corrected chi connectivity index (χ2v) is 18.9. The molecule has 0 amide bonds. The Kier molecular flexibility index (Phi) is 7.74. The SMILES string of the molecule is CC1(C)c2cccc3ccc4cc(N(c5ccccc5)c5ccc(-c6ccc(N(c7ccccc7)c7cc8c9c(ccc%10cccc(c%109)C8(C)C)c7)c7ccccc67)cc5)cc1c4c23. The zero-order valence-electron chi connectivity index (χ0n) is 36.5. The van der Waals surface area contributed by atoms with E-state index in [4.69, 9.17) is 0 Å². The lowest BCUT2D eigenvalue weighted by Crippen LogP contribution is -2.17. The Labute approximate surface area is 374 Å². The van der Waals surface area contributed by atoms with Crippen LogP contribution in [0.3, 0.4) is 0 Å². The summed E-state index contributed by atoms with van der Waals surface area (Å²) in [6.45, 7) is 9.53. The van der Waals surface area contributed by atoms with E-state index in [1.165, 1.54) is 98.6 Å². The van der Waals surface area contributed by atoms with Gasteiger partial charge in [0.15, 0.2) is 0 Å². The van der Waals surface area contributed by atoms with Crippen LogP contribution in [0.4, 0.5) is 34.1 Å². The van der Waals surface area contributed by atoms with Crippen molar-refractivity contribution in [2.45, 2.75) is 38.5 Å². The van der Waals surface area contributed by atoms with E-state index in [0.29, 0.717) is 0 Å². The molecule has 0 fully saturated rings. The first-order chi connectivity index (χ1) is 31.3. The molecule has 0 saturated heterocycles. The van der Waals surface area contributed by atoms with Crippen molar-refractivity contribution < 1.29 is 0 Å². The van der Waals surface area contributed by atoms with Gasteiger partial charge in [0.1, 0.15) is 0 Å². The van der Waals surface area contributed by atoms with E-state index in [-0.39, 0.29) is 10.8 Å². The van der Waals surface area contributed by atoms with Crippen LogP contribution in [0.5, 0.6) is 0 Å². The number of nitrogens with zero attached hydrogens (tertiary/aromatic N) is 2. The van der Waals surface area contributed by atoms with Crippen LogP contribution in [0.1, 0.15) is 49.9 Å². The molecule has 2 aliphatic carbocycles. The molecule has 0 saturated carbocycles. The van der Waals surface area contributed by atoms with Crippen molar-refractivity contribution in [3.05, 3.63) is 229 Å². The second-order valence-electron chi connectivity index (χ2n) is 18.9. The summed E-state index contributed by atoms with van der Waals surface area (Å²) in [6.07, 6.45) is 0. The molecule has 0 spiro atoms. The van der Waals surface area contributed by atoms with Crippen LogP contribution in [-0.2, 0) is 10.8 Å². The molecule has 0 aliphatic heterocycles. The number of hydrogen-bond acceptors (Lipinski definition) is 2. The molecule has 13 rings (SSSR count). The number of hydrogen-bond donors (Lipinski definition) is 0. The predicted molar refractivity (Wildman–Crippen MR) is 273 cm³/mol. The van der Waals surface area contributed by atoms with E-state index < -0.39 is 0 Å². The van der Waals surface area contributed by atoms with Gasteiger partial charge in [0.2, 0.25) is 0 Å². The van der Waals surface area contributed by atoms with E-state index in [1.807, 2.05) is 0 Å². The first-order valence-corrected chi connectivity index (χ1v) is 22.6. The minimum Gasteiger partial charge on any atom is -0.310 e. The maximum absolute atomic E-state index is 2.46. The van der Waals surface area contributed by atoms with Crippen molar-refractivity contribution in [1.82, 2.24) is 0 Å². The average molecular weight is 819 g/mol. The number of para-hydroxylation sites is 2. The van der Waals surface area contributed by atoms with Crippen molar-refractivity contribution in [2.24, 2.45) is 0 Å². The summed E-state index contributed by atoms with van der Waals surface area (Å²) >= 11 is 0. The Bertz CT molecular complexity index is 3710. The third-order valence-corrected chi connectivity index (χ3v) is 14.7. The van der Waals surface area contributed by atoms with Crippen molar-refractivity contribution >= 4 is 88.0 Å². The van der Waals surface area contributed by atoms with Gasteiger partial charge in [-0.3, -0.25) is 0 Å². The molecule has 11 aromatic rings. The molecule has 0 aromatic heterocycles. The highest BCUT2D eigenvalue weighted by Gasteiger charge is 2.36. The van der Waals surface area contributed by atoms with Crippen LogP contribution in [-0.4, -0.2) is 0 Å². The van der Waals surface area contributed by atoms with Crippen LogP contribution in [0.2, 0.25) is 0 Å². The fourth-order valence-corrected chi connectivity index (χ4v) is 11.6. The van der Waals surface area contributed by atoms with E-state index in [2.05, 4.69) is 244 Å². The Balaban J connectivity index is 0.935. The largest absolute Gasteiger partial charge is 0.310 e. The second kappa shape index (κ2) is 13.4. The molecule has 2 aliphatic rings. The van der Waals surface area contributed by atoms with Gasteiger partial charge in [0, 0.05) is 44.7 Å². The van der Waals surface area contributed by atoms with Crippen LogP contribution in [0.15, 0.2) is 206 Å². The third-order valence-electron chi connectivity index (χ3n) is 14.7. The Morgan fingerprint density at radius 2 is 0.750 bits per heavy atom. The van der Waals surface area contributed by atoms with Crippen LogP contribution in [0.25, 0.3) is 65.0 Å². The van der Waals surface area contributed by atoms with Gasteiger partial charge in [-0.1, -0.05) is 167 Å². The van der Waals surface area contributed by atoms with E-state index >= 15 is 0 Å². The first kappa shape index (κ1) is 36.9. The fraction of sp³-hybridized carbons (Fsp3) is 0.0968. The zero-order chi connectivity index (χ0) is 42.9. The molecule has 2 nitrogen and oxygen atoms in total. The summed E-state index contributed by atoms with van der Waals surface area (Å²) in [6, 6.07) is 76.9. The highest BCUT2D eigenvalue weighted by Crippen LogP contribution is 2.53. The van der Waals surface area contributed by atoms with Crippen LogP contribution in [0, 0.1) is 0 Å². The monoisotopic (exact) mass is 818 g/mol. The summed E-state index contributed by atoms with van der Waals surface area (Å²) in [5.74, 6) is 0. The van der Waals surface area contributed by atoms with Gasteiger partial charge in [0.25, 0.3) is 0 Å². The fourth-order valence-electron chi connectivity index (χ4n) is 11.6. The molecule has 64 heavy (non-hydrogen) atoms. The average Bonchev–Trinajstić information content (AvgIpc) is 3.71. The number of fused-ring (bicyclic) bond motifs is 1. The molecule has 2 heteroatoms. The van der Waals surface area contributed by atoms with Gasteiger partial charge in [-0.2, -0.15) is 0 Å². The van der Waals surface area contributed by atoms with E-state index in [9.17, 15) is 0 Å². The molecule has 304 valence electrons. The van der Waals surface area contributed by atoms with Gasteiger partial charge >= 0.3 is 0 Å². The summed E-state index contributed by atoms with van der Waals surface area (Å²) in [4.78, 5) is 4.88. The number of anilines is 6. The van der Waals surface area contributed by atoms with E-state index in [0.717, 1.165) is 22.7 Å². The van der Waals surface area contributed by atoms with Gasteiger partial charge in [-0.15, -0.1) is 0 Å². The zero-order valence-corrected chi connectivity index (χ0v) is 36.5.